The standard InChI is InChI=1S/C17H25N3O2/c1-3-8-16-15(13-21)18-19-20(16)11-6-7-12-22-17-10-5-4-9-14(17)2/h4-5,9-10,21H,3,6-8,11-13H2,1-2H3. The molecule has 0 atom stereocenters. The Labute approximate surface area is 131 Å². The fourth-order valence-electron chi connectivity index (χ4n) is 2.45. The van der Waals surface area contributed by atoms with E-state index in [9.17, 15) is 5.11 Å². The van der Waals surface area contributed by atoms with Crippen molar-refractivity contribution in [2.24, 2.45) is 0 Å². The number of aliphatic hydroxyl groups excluding tert-OH is 1. The highest BCUT2D eigenvalue weighted by Gasteiger charge is 2.10. The molecule has 1 aromatic carbocycles. The van der Waals surface area contributed by atoms with Crippen LogP contribution in [-0.2, 0) is 19.6 Å². The van der Waals surface area contributed by atoms with E-state index in [2.05, 4.69) is 30.2 Å². The first-order valence-electron chi connectivity index (χ1n) is 7.96. The minimum absolute atomic E-state index is 0.0360. The Hall–Kier alpha value is -1.88. The van der Waals surface area contributed by atoms with Gasteiger partial charge in [0.25, 0.3) is 0 Å². The monoisotopic (exact) mass is 303 g/mol. The van der Waals surface area contributed by atoms with Gasteiger partial charge < -0.3 is 9.84 Å². The van der Waals surface area contributed by atoms with Crippen LogP contribution in [0.3, 0.4) is 0 Å². The maximum atomic E-state index is 9.28. The van der Waals surface area contributed by atoms with Crippen LogP contribution >= 0.6 is 0 Å². The van der Waals surface area contributed by atoms with Crippen LogP contribution in [0.15, 0.2) is 24.3 Å². The lowest BCUT2D eigenvalue weighted by atomic mass is 10.2. The van der Waals surface area contributed by atoms with Crippen molar-refractivity contribution in [2.45, 2.75) is 52.7 Å². The van der Waals surface area contributed by atoms with Gasteiger partial charge in [-0.3, -0.25) is 0 Å². The van der Waals surface area contributed by atoms with Gasteiger partial charge in [-0.15, -0.1) is 5.10 Å². The molecule has 0 unspecified atom stereocenters. The number of ether oxygens (including phenoxy) is 1. The van der Waals surface area contributed by atoms with Crippen LogP contribution in [-0.4, -0.2) is 26.7 Å². The van der Waals surface area contributed by atoms with Crippen LogP contribution in [0.25, 0.3) is 0 Å². The van der Waals surface area contributed by atoms with Gasteiger partial charge >= 0.3 is 0 Å². The first-order chi connectivity index (χ1) is 10.8. The molecule has 0 fully saturated rings. The van der Waals surface area contributed by atoms with Crippen molar-refractivity contribution in [1.82, 2.24) is 15.0 Å². The molecule has 1 N–H and O–H groups in total. The minimum Gasteiger partial charge on any atom is -0.493 e. The number of rotatable bonds is 9. The van der Waals surface area contributed by atoms with Crippen LogP contribution in [0.1, 0.15) is 43.1 Å². The van der Waals surface area contributed by atoms with Crippen LogP contribution in [0.4, 0.5) is 0 Å². The summed E-state index contributed by atoms with van der Waals surface area (Å²) in [6, 6.07) is 8.06. The van der Waals surface area contributed by atoms with E-state index in [4.69, 9.17) is 4.74 Å². The molecule has 2 aromatic rings. The molecule has 0 aliphatic carbocycles. The summed E-state index contributed by atoms with van der Waals surface area (Å²) in [5.74, 6) is 0.956. The van der Waals surface area contributed by atoms with Gasteiger partial charge in [0.05, 0.1) is 18.9 Å². The van der Waals surface area contributed by atoms with E-state index >= 15 is 0 Å². The number of aliphatic hydroxyl groups is 1. The number of nitrogens with zero attached hydrogens (tertiary/aromatic N) is 3. The topological polar surface area (TPSA) is 60.2 Å². The molecule has 0 bridgehead atoms. The third-order valence-corrected chi connectivity index (χ3v) is 3.67. The lowest BCUT2D eigenvalue weighted by molar-refractivity contribution is 0.275. The minimum atomic E-state index is -0.0360. The molecule has 0 spiro atoms. The number of para-hydroxylation sites is 1. The van der Waals surface area contributed by atoms with Gasteiger partial charge in [0.2, 0.25) is 0 Å². The van der Waals surface area contributed by atoms with E-state index in [1.807, 2.05) is 22.9 Å². The number of benzene rings is 1. The summed E-state index contributed by atoms with van der Waals surface area (Å²) >= 11 is 0. The van der Waals surface area contributed by atoms with E-state index in [1.54, 1.807) is 0 Å². The van der Waals surface area contributed by atoms with Crippen LogP contribution < -0.4 is 4.74 Å². The van der Waals surface area contributed by atoms with E-state index < -0.39 is 0 Å². The van der Waals surface area contributed by atoms with Gasteiger partial charge in [-0.05, 0) is 37.8 Å². The smallest absolute Gasteiger partial charge is 0.122 e. The summed E-state index contributed by atoms with van der Waals surface area (Å²) < 4.78 is 7.71. The zero-order valence-corrected chi connectivity index (χ0v) is 13.5. The Bertz CT molecular complexity index is 581. The molecular weight excluding hydrogens is 278 g/mol. The van der Waals surface area contributed by atoms with E-state index in [1.165, 1.54) is 0 Å². The summed E-state index contributed by atoms with van der Waals surface area (Å²) in [6.45, 7) is 5.66. The fraction of sp³-hybridized carbons (Fsp3) is 0.529. The van der Waals surface area contributed by atoms with Crippen molar-refractivity contribution in [3.8, 4) is 5.75 Å². The van der Waals surface area contributed by atoms with E-state index in [0.29, 0.717) is 12.3 Å². The molecule has 0 aliphatic rings. The average Bonchev–Trinajstić information content (AvgIpc) is 2.91. The Morgan fingerprint density at radius 2 is 2.05 bits per heavy atom. The Kier molecular flexibility index (Phi) is 6.40. The lowest BCUT2D eigenvalue weighted by Gasteiger charge is -2.09. The largest absolute Gasteiger partial charge is 0.493 e. The van der Waals surface area contributed by atoms with Crippen LogP contribution in [0.2, 0.25) is 0 Å². The molecule has 120 valence electrons. The maximum Gasteiger partial charge on any atom is 0.122 e. The van der Waals surface area contributed by atoms with Gasteiger partial charge in [0, 0.05) is 6.54 Å². The van der Waals surface area contributed by atoms with Crippen LogP contribution in [0.5, 0.6) is 5.75 Å². The predicted octanol–water partition coefficient (Wildman–Crippen LogP) is 2.89. The highest BCUT2D eigenvalue weighted by atomic mass is 16.5. The van der Waals surface area contributed by atoms with Gasteiger partial charge in [0.1, 0.15) is 11.4 Å². The summed E-state index contributed by atoms with van der Waals surface area (Å²) in [5, 5.41) is 17.5. The molecule has 0 aliphatic heterocycles. The summed E-state index contributed by atoms with van der Waals surface area (Å²) in [6.07, 6.45) is 3.88. The number of unbranched alkanes of at least 4 members (excludes halogenated alkanes) is 1. The fourth-order valence-corrected chi connectivity index (χ4v) is 2.45. The lowest BCUT2D eigenvalue weighted by Crippen LogP contribution is -2.08. The second-order valence-corrected chi connectivity index (χ2v) is 5.44. The van der Waals surface area contributed by atoms with E-state index in [-0.39, 0.29) is 6.61 Å². The SMILES string of the molecule is CCCc1c(CO)nnn1CCCCOc1ccccc1C. The van der Waals surface area contributed by atoms with Gasteiger partial charge in [-0.25, -0.2) is 4.68 Å². The molecule has 5 heteroatoms. The van der Waals surface area contributed by atoms with Crippen molar-refractivity contribution in [2.75, 3.05) is 6.61 Å². The molecule has 0 saturated heterocycles. The summed E-state index contributed by atoms with van der Waals surface area (Å²) in [7, 11) is 0. The number of hydrogen-bond donors (Lipinski definition) is 1. The molecule has 5 nitrogen and oxygen atoms in total. The maximum absolute atomic E-state index is 9.28. The van der Waals surface area contributed by atoms with Crippen molar-refractivity contribution >= 4 is 0 Å². The molecule has 1 heterocycles. The molecule has 22 heavy (non-hydrogen) atoms. The Morgan fingerprint density at radius 3 is 2.77 bits per heavy atom. The highest BCUT2D eigenvalue weighted by molar-refractivity contribution is 5.31. The highest BCUT2D eigenvalue weighted by Crippen LogP contribution is 2.16. The van der Waals surface area contributed by atoms with Gasteiger partial charge in [0.15, 0.2) is 0 Å². The van der Waals surface area contributed by atoms with Gasteiger partial charge in [-0.2, -0.15) is 0 Å². The van der Waals surface area contributed by atoms with Crippen LogP contribution in [0, 0.1) is 6.92 Å². The zero-order chi connectivity index (χ0) is 15.8. The Balaban J connectivity index is 1.77. The van der Waals surface area contributed by atoms with Crippen molar-refractivity contribution in [3.63, 3.8) is 0 Å². The number of hydrogen-bond acceptors (Lipinski definition) is 4. The average molecular weight is 303 g/mol. The second kappa shape index (κ2) is 8.54. The predicted molar refractivity (Wildman–Crippen MR) is 85.8 cm³/mol. The third-order valence-electron chi connectivity index (χ3n) is 3.67. The molecule has 0 amide bonds. The third kappa shape index (κ3) is 4.31. The molecule has 2 rings (SSSR count). The molecule has 0 saturated carbocycles. The van der Waals surface area contributed by atoms with Crippen molar-refractivity contribution in [3.05, 3.63) is 41.2 Å². The number of aromatic nitrogens is 3. The molecule has 1 aromatic heterocycles. The normalized spacial score (nSPS) is 10.9. The van der Waals surface area contributed by atoms with Gasteiger partial charge in [-0.1, -0.05) is 36.8 Å². The molecular formula is C17H25N3O2. The zero-order valence-electron chi connectivity index (χ0n) is 13.5. The summed E-state index contributed by atoms with van der Waals surface area (Å²) in [4.78, 5) is 0. The van der Waals surface area contributed by atoms with Crippen molar-refractivity contribution in [1.29, 1.82) is 0 Å². The van der Waals surface area contributed by atoms with E-state index in [0.717, 1.165) is 49.2 Å². The quantitative estimate of drug-likeness (QED) is 0.724. The summed E-state index contributed by atoms with van der Waals surface area (Å²) in [5.41, 5.74) is 2.93. The number of aryl methyl sites for hydroxylation is 2. The van der Waals surface area contributed by atoms with Crippen molar-refractivity contribution < 1.29 is 9.84 Å². The molecule has 0 radical (unpaired) electrons. The first-order valence-corrected chi connectivity index (χ1v) is 7.96. The first kappa shape index (κ1) is 16.5. The second-order valence-electron chi connectivity index (χ2n) is 5.44. The Morgan fingerprint density at radius 1 is 1.23 bits per heavy atom.